The summed E-state index contributed by atoms with van der Waals surface area (Å²) >= 11 is 1.26. The van der Waals surface area contributed by atoms with Crippen LogP contribution in [0.1, 0.15) is 62.4 Å². The minimum Gasteiger partial charge on any atom is -0.495 e. The van der Waals surface area contributed by atoms with Gasteiger partial charge in [-0.15, -0.1) is 11.3 Å². The molecule has 13 heteroatoms. The number of carbonyl (C=O) groups is 2. The lowest BCUT2D eigenvalue weighted by atomic mass is 9.99. The van der Waals surface area contributed by atoms with E-state index in [9.17, 15) is 18.0 Å². The van der Waals surface area contributed by atoms with E-state index in [4.69, 9.17) is 9.15 Å². The molecule has 0 saturated heterocycles. The highest BCUT2D eigenvalue weighted by Crippen LogP contribution is 2.49. The van der Waals surface area contributed by atoms with E-state index >= 15 is 0 Å². The quantitative estimate of drug-likeness (QED) is 0.340. The van der Waals surface area contributed by atoms with Crippen LogP contribution in [-0.4, -0.2) is 67.2 Å². The van der Waals surface area contributed by atoms with E-state index in [0.717, 1.165) is 21.4 Å². The average Bonchev–Trinajstić information content (AvgIpc) is 3.54. The van der Waals surface area contributed by atoms with Gasteiger partial charge >= 0.3 is 10.2 Å². The molecular weight excluding hydrogens is 554 g/mol. The predicted octanol–water partition coefficient (Wildman–Crippen LogP) is 3.29. The maximum Gasteiger partial charge on any atom is 0.303 e. The van der Waals surface area contributed by atoms with Gasteiger partial charge in [-0.3, -0.25) is 14.6 Å². The Labute approximate surface area is 238 Å². The Morgan fingerprint density at radius 2 is 1.93 bits per heavy atom. The summed E-state index contributed by atoms with van der Waals surface area (Å²) in [5.74, 6) is 1.51. The van der Waals surface area contributed by atoms with Gasteiger partial charge in [0.2, 0.25) is 5.91 Å². The first kappa shape index (κ1) is 29.7. The van der Waals surface area contributed by atoms with E-state index in [2.05, 4.69) is 9.97 Å². The Morgan fingerprint density at radius 3 is 2.48 bits per heavy atom. The Morgan fingerprint density at radius 1 is 1.20 bits per heavy atom. The van der Waals surface area contributed by atoms with Crippen LogP contribution in [0.15, 0.2) is 28.8 Å². The molecule has 40 heavy (non-hydrogen) atoms. The smallest absolute Gasteiger partial charge is 0.303 e. The lowest BCUT2D eigenvalue weighted by Crippen LogP contribution is -2.40. The van der Waals surface area contributed by atoms with Crippen LogP contribution in [0.3, 0.4) is 0 Å². The summed E-state index contributed by atoms with van der Waals surface area (Å²) in [5, 5.41) is 0.543. The number of hydrogen-bond donors (Lipinski definition) is 1. The van der Waals surface area contributed by atoms with Crippen molar-refractivity contribution in [3.8, 4) is 5.75 Å². The average molecular weight is 590 g/mol. The molecule has 1 saturated carbocycles. The number of aryl methyl sites for hydroxylation is 4. The number of hydrogen-bond acceptors (Lipinski definition) is 9. The number of amides is 2. The van der Waals surface area contributed by atoms with E-state index < -0.39 is 21.5 Å². The van der Waals surface area contributed by atoms with E-state index in [-0.39, 0.29) is 18.1 Å². The highest BCUT2D eigenvalue weighted by atomic mass is 32.2. The summed E-state index contributed by atoms with van der Waals surface area (Å²) in [7, 11) is 0.258. The molecule has 3 heterocycles. The van der Waals surface area contributed by atoms with E-state index in [1.54, 1.807) is 31.2 Å². The second-order valence-corrected chi connectivity index (χ2v) is 13.4. The fraction of sp³-hybridized carbons (Fsp3) is 0.481. The number of ether oxygens (including phenoxy) is 1. The molecule has 11 nitrogen and oxygen atoms in total. The number of nitrogens with one attached hydrogen (secondary N) is 1. The molecule has 1 aliphatic rings. The summed E-state index contributed by atoms with van der Waals surface area (Å²) in [6.45, 7) is 6.27. The van der Waals surface area contributed by atoms with Crippen LogP contribution in [0.5, 0.6) is 5.75 Å². The first-order valence-corrected chi connectivity index (χ1v) is 15.2. The fourth-order valence-electron chi connectivity index (χ4n) is 4.41. The van der Waals surface area contributed by atoms with Crippen LogP contribution >= 0.6 is 11.3 Å². The van der Waals surface area contributed by atoms with Crippen molar-refractivity contribution in [2.45, 2.75) is 58.4 Å². The second-order valence-electron chi connectivity index (χ2n) is 10.2. The van der Waals surface area contributed by atoms with Crippen molar-refractivity contribution < 1.29 is 27.2 Å². The van der Waals surface area contributed by atoms with E-state index in [1.807, 2.05) is 30.7 Å². The Kier molecular flexibility index (Phi) is 8.66. The van der Waals surface area contributed by atoms with Crippen LogP contribution < -0.4 is 9.46 Å². The lowest BCUT2D eigenvalue weighted by Gasteiger charge is -2.26. The molecule has 3 aromatic rings. The number of carbonyl (C=O) groups excluding carboxylic acids is 2. The molecule has 0 aromatic carbocycles. The molecule has 1 fully saturated rings. The Balaban J connectivity index is 1.56. The molecule has 4 rings (SSSR count). The third-order valence-electron chi connectivity index (χ3n) is 7.06. The number of pyridine rings is 1. The summed E-state index contributed by atoms with van der Waals surface area (Å²) in [6, 6.07) is 5.65. The molecule has 2 amide bonds. The van der Waals surface area contributed by atoms with Gasteiger partial charge in [0, 0.05) is 31.9 Å². The van der Waals surface area contributed by atoms with Crippen LogP contribution in [-0.2, 0) is 33.4 Å². The van der Waals surface area contributed by atoms with Crippen molar-refractivity contribution in [2.24, 2.45) is 0 Å². The topological polar surface area (TPSA) is 135 Å². The zero-order valence-corrected chi connectivity index (χ0v) is 25.2. The third-order valence-corrected chi connectivity index (χ3v) is 9.42. The molecular formula is C27H35N5O6S2. The van der Waals surface area contributed by atoms with Gasteiger partial charge in [-0.2, -0.15) is 12.7 Å². The van der Waals surface area contributed by atoms with Gasteiger partial charge in [-0.1, -0.05) is 0 Å². The van der Waals surface area contributed by atoms with Gasteiger partial charge in [0.05, 0.1) is 31.0 Å². The third kappa shape index (κ3) is 6.37. The van der Waals surface area contributed by atoms with Gasteiger partial charge in [0.15, 0.2) is 0 Å². The number of nitrogens with zero attached hydrogens (tertiary/aromatic N) is 4. The van der Waals surface area contributed by atoms with Gasteiger partial charge < -0.3 is 14.1 Å². The second kappa shape index (κ2) is 11.7. The van der Waals surface area contributed by atoms with Crippen molar-refractivity contribution >= 4 is 33.4 Å². The minimum atomic E-state index is -3.97. The van der Waals surface area contributed by atoms with Crippen molar-refractivity contribution in [3.05, 3.63) is 62.8 Å². The maximum atomic E-state index is 14.0. The normalized spacial score (nSPS) is 14.3. The largest absolute Gasteiger partial charge is 0.495 e. The van der Waals surface area contributed by atoms with Crippen molar-refractivity contribution in [1.82, 2.24) is 23.9 Å². The first-order valence-electron chi connectivity index (χ1n) is 12.9. The zero-order valence-electron chi connectivity index (χ0n) is 23.6. The Hall–Kier alpha value is -3.29. The van der Waals surface area contributed by atoms with E-state index in [0.29, 0.717) is 53.6 Å². The molecule has 1 N–H and O–H groups in total. The summed E-state index contributed by atoms with van der Waals surface area (Å²) in [6.07, 6.45) is 4.32. The highest BCUT2D eigenvalue weighted by Gasteiger charge is 2.54. The monoisotopic (exact) mass is 589 g/mol. The molecule has 0 aliphatic heterocycles. The van der Waals surface area contributed by atoms with Crippen molar-refractivity contribution in [2.75, 3.05) is 27.7 Å². The van der Waals surface area contributed by atoms with Gasteiger partial charge in [-0.25, -0.2) is 9.71 Å². The van der Waals surface area contributed by atoms with Gasteiger partial charge in [-0.05, 0) is 63.8 Å². The molecule has 0 atom stereocenters. The van der Waals surface area contributed by atoms with Crippen LogP contribution in [0.4, 0.5) is 0 Å². The molecule has 3 aromatic heterocycles. The minimum absolute atomic E-state index is 0.0253. The number of aromatic nitrogens is 2. The van der Waals surface area contributed by atoms with Crippen molar-refractivity contribution in [1.29, 1.82) is 0 Å². The first-order chi connectivity index (χ1) is 18.9. The molecule has 216 valence electrons. The van der Waals surface area contributed by atoms with Crippen molar-refractivity contribution in [3.63, 3.8) is 0 Å². The number of furan rings is 1. The van der Waals surface area contributed by atoms with Crippen LogP contribution in [0, 0.1) is 20.8 Å². The number of methoxy groups -OCH3 is 1. The lowest BCUT2D eigenvalue weighted by molar-refractivity contribution is -0.134. The SMILES string of the molecule is COc1ccc(C2(C(=O)N(CCCc3cc(C)c(C)o3)Cc3nc(C(=O)NS(=O)(=O)N(C)C)c(C)s3)CC2)nc1. The van der Waals surface area contributed by atoms with E-state index in [1.165, 1.54) is 25.4 Å². The molecule has 1 aliphatic carbocycles. The molecule has 0 unspecified atom stereocenters. The zero-order chi connectivity index (χ0) is 29.2. The maximum absolute atomic E-state index is 14.0. The summed E-state index contributed by atoms with van der Waals surface area (Å²) in [5.41, 5.74) is 1.10. The van der Waals surface area contributed by atoms with Crippen LogP contribution in [0.25, 0.3) is 0 Å². The molecule has 0 spiro atoms. The summed E-state index contributed by atoms with van der Waals surface area (Å²) < 4.78 is 38.3. The number of rotatable bonds is 12. The van der Waals surface area contributed by atoms with Gasteiger partial charge in [0.1, 0.15) is 28.0 Å². The predicted molar refractivity (Wildman–Crippen MR) is 151 cm³/mol. The Bertz CT molecular complexity index is 1470. The highest BCUT2D eigenvalue weighted by molar-refractivity contribution is 7.87. The van der Waals surface area contributed by atoms with Crippen LogP contribution in [0.2, 0.25) is 0 Å². The molecule has 0 radical (unpaired) electrons. The van der Waals surface area contributed by atoms with Gasteiger partial charge in [0.25, 0.3) is 5.91 Å². The number of thiazole rings is 1. The summed E-state index contributed by atoms with van der Waals surface area (Å²) in [4.78, 5) is 38.0. The molecule has 0 bridgehead atoms. The fourth-order valence-corrected chi connectivity index (χ4v) is 5.87. The standard InChI is InChI=1S/C27H35N5O6S2/c1-17-14-20(38-18(17)2)8-7-13-32(26(34)27(11-12-27)22-10-9-21(37-6)15-28-22)16-23-29-24(19(3)39-23)25(33)30-40(35,36)31(4)5/h9-10,14-15H,7-8,11-13,16H2,1-6H3,(H,30,33).